The summed E-state index contributed by atoms with van der Waals surface area (Å²) in [6, 6.07) is 0. The van der Waals surface area contributed by atoms with Gasteiger partial charge in [-0.2, -0.15) is 0 Å². The van der Waals surface area contributed by atoms with Gasteiger partial charge in [-0.05, 0) is 109 Å². The normalized spacial score (nSPS) is 12.9. The zero-order valence-corrected chi connectivity index (χ0v) is 53.0. The zero-order valence-electron chi connectivity index (χ0n) is 53.0. The van der Waals surface area contributed by atoms with Gasteiger partial charge in [0.05, 0.1) is 0 Å². The first kappa shape index (κ1) is 76.8. The molecule has 0 saturated heterocycles. The molecular formula is C75H126O6. The smallest absolute Gasteiger partial charge is 0.306 e. The maximum absolute atomic E-state index is 13.0. The van der Waals surface area contributed by atoms with E-state index >= 15 is 0 Å². The second kappa shape index (κ2) is 68.3. The van der Waals surface area contributed by atoms with E-state index in [9.17, 15) is 14.4 Å². The van der Waals surface area contributed by atoms with E-state index in [2.05, 4.69) is 142 Å². The molecule has 1 unspecified atom stereocenters. The van der Waals surface area contributed by atoms with E-state index in [0.29, 0.717) is 19.3 Å². The fraction of sp³-hybridized carbons (Fsp3) is 0.693. The Bertz CT molecular complexity index is 1670. The van der Waals surface area contributed by atoms with Gasteiger partial charge < -0.3 is 14.2 Å². The van der Waals surface area contributed by atoms with Gasteiger partial charge >= 0.3 is 17.9 Å². The third-order valence-electron chi connectivity index (χ3n) is 14.5. The van der Waals surface area contributed by atoms with Gasteiger partial charge in [-0.15, -0.1) is 0 Å². The summed E-state index contributed by atoms with van der Waals surface area (Å²) in [5, 5.41) is 0. The summed E-state index contributed by atoms with van der Waals surface area (Å²) in [4.78, 5) is 38.4. The standard InChI is InChI=1S/C75H126O6/c1-4-7-10-13-16-19-22-25-28-30-32-34-36-37-39-40-42-44-47-50-53-56-59-62-65-68-74(77)80-71-72(70-79-73(76)67-64-61-58-55-52-49-46-27-24-21-18-15-12-9-6-3)81-75(78)69-66-63-60-57-54-51-48-45-43-41-38-35-33-31-29-26-23-20-17-14-11-8-5-2/h7,9-10,12,16,18-19,21,25,27-28,32,34,37,39,42,44,46,52,55,72H,4-6,8,11,13-15,17,20,22-24,26,29-31,33,35-36,38,40-41,43,45,47-51,53-54,56-71H2,1-3H3/b10-7-,12-9-,19-16-,21-18-,28-25-,34-32-,39-37-,44-42-,46-27-,55-52-. The van der Waals surface area contributed by atoms with Crippen LogP contribution in [-0.4, -0.2) is 37.2 Å². The van der Waals surface area contributed by atoms with Gasteiger partial charge in [0.25, 0.3) is 0 Å². The maximum Gasteiger partial charge on any atom is 0.306 e. The second-order valence-electron chi connectivity index (χ2n) is 22.3. The second-order valence-corrected chi connectivity index (χ2v) is 22.3. The molecule has 0 spiro atoms. The number of ether oxygens (including phenoxy) is 3. The molecule has 0 aromatic rings. The maximum atomic E-state index is 13.0. The molecule has 0 aliphatic carbocycles. The highest BCUT2D eigenvalue weighted by Crippen LogP contribution is 2.17. The van der Waals surface area contributed by atoms with Crippen LogP contribution in [0, 0.1) is 0 Å². The molecule has 0 aliphatic rings. The molecule has 0 N–H and O–H groups in total. The highest BCUT2D eigenvalue weighted by Gasteiger charge is 2.19. The lowest BCUT2D eigenvalue weighted by molar-refractivity contribution is -0.167. The van der Waals surface area contributed by atoms with Crippen molar-refractivity contribution in [3.63, 3.8) is 0 Å². The molecule has 0 amide bonds. The molecule has 462 valence electrons. The fourth-order valence-electron chi connectivity index (χ4n) is 9.44. The van der Waals surface area contributed by atoms with Crippen molar-refractivity contribution in [3.8, 4) is 0 Å². The van der Waals surface area contributed by atoms with Crippen LogP contribution in [0.2, 0.25) is 0 Å². The Balaban J connectivity index is 4.40. The monoisotopic (exact) mass is 1120 g/mol. The van der Waals surface area contributed by atoms with Gasteiger partial charge in [-0.3, -0.25) is 14.4 Å². The van der Waals surface area contributed by atoms with E-state index in [1.807, 2.05) is 0 Å². The first-order chi connectivity index (χ1) is 40.0. The van der Waals surface area contributed by atoms with E-state index in [1.165, 1.54) is 141 Å². The molecule has 1 atom stereocenters. The first-order valence-corrected chi connectivity index (χ1v) is 34.0. The van der Waals surface area contributed by atoms with Crippen molar-refractivity contribution in [2.75, 3.05) is 13.2 Å². The highest BCUT2D eigenvalue weighted by atomic mass is 16.6. The van der Waals surface area contributed by atoms with Crippen LogP contribution >= 0.6 is 0 Å². The van der Waals surface area contributed by atoms with Crippen LogP contribution in [0.25, 0.3) is 0 Å². The van der Waals surface area contributed by atoms with E-state index in [4.69, 9.17) is 14.2 Å². The fourth-order valence-corrected chi connectivity index (χ4v) is 9.44. The molecule has 0 aliphatic heterocycles. The average molecular weight is 1120 g/mol. The number of esters is 3. The summed E-state index contributed by atoms with van der Waals surface area (Å²) >= 11 is 0. The van der Waals surface area contributed by atoms with Gasteiger partial charge in [0, 0.05) is 19.3 Å². The molecule has 6 heteroatoms. The molecular weight excluding hydrogens is 997 g/mol. The van der Waals surface area contributed by atoms with Crippen molar-refractivity contribution in [1.82, 2.24) is 0 Å². The first-order valence-electron chi connectivity index (χ1n) is 34.0. The zero-order chi connectivity index (χ0) is 58.5. The minimum atomic E-state index is -0.805. The van der Waals surface area contributed by atoms with E-state index in [1.54, 1.807) is 0 Å². The Morgan fingerprint density at radius 2 is 0.481 bits per heavy atom. The van der Waals surface area contributed by atoms with Gasteiger partial charge in [-0.1, -0.05) is 309 Å². The van der Waals surface area contributed by atoms with Gasteiger partial charge in [0.2, 0.25) is 0 Å². The van der Waals surface area contributed by atoms with Crippen LogP contribution in [-0.2, 0) is 28.6 Å². The molecule has 0 fully saturated rings. The molecule has 0 aromatic carbocycles. The Morgan fingerprint density at radius 1 is 0.259 bits per heavy atom. The summed E-state index contributed by atoms with van der Waals surface area (Å²) in [5.41, 5.74) is 0. The van der Waals surface area contributed by atoms with Crippen LogP contribution in [0.5, 0.6) is 0 Å². The summed E-state index contributed by atoms with van der Waals surface area (Å²) in [6.45, 7) is 6.40. The Morgan fingerprint density at radius 3 is 0.778 bits per heavy atom. The number of carbonyl (C=O) groups is 3. The molecule has 0 aromatic heterocycles. The molecule has 0 rings (SSSR count). The van der Waals surface area contributed by atoms with Crippen molar-refractivity contribution >= 4 is 17.9 Å². The molecule has 0 bridgehead atoms. The molecule has 0 radical (unpaired) electrons. The van der Waals surface area contributed by atoms with E-state index in [-0.39, 0.29) is 31.1 Å². The number of hydrogen-bond donors (Lipinski definition) is 0. The van der Waals surface area contributed by atoms with Crippen LogP contribution in [0.3, 0.4) is 0 Å². The van der Waals surface area contributed by atoms with E-state index < -0.39 is 6.10 Å². The largest absolute Gasteiger partial charge is 0.462 e. The van der Waals surface area contributed by atoms with Crippen LogP contribution in [0.4, 0.5) is 0 Å². The molecule has 81 heavy (non-hydrogen) atoms. The summed E-state index contributed by atoms with van der Waals surface area (Å²) < 4.78 is 16.9. The highest BCUT2D eigenvalue weighted by molar-refractivity contribution is 5.71. The SMILES string of the molecule is CC/C=C\C/C=C\C/C=C\C/C=C\C/C=C\C/C=C\CCCCCCCCC(=O)OCC(COC(=O)CCCC/C=C\C/C=C\C/C=C\C/C=C\CC)OC(=O)CCCCCCCCCCCCCCCCCCCCCCCCC. The Kier molecular flexibility index (Phi) is 64.8. The minimum absolute atomic E-state index is 0.0995. The summed E-state index contributed by atoms with van der Waals surface area (Å²) in [6.07, 6.45) is 95.1. The predicted molar refractivity (Wildman–Crippen MR) is 353 cm³/mol. The number of rotatable bonds is 61. The number of unbranched alkanes of at least 4 members (excludes halogenated alkanes) is 30. The van der Waals surface area contributed by atoms with Gasteiger partial charge in [-0.25, -0.2) is 0 Å². The summed E-state index contributed by atoms with van der Waals surface area (Å²) in [7, 11) is 0. The number of allylic oxidation sites excluding steroid dienone is 20. The minimum Gasteiger partial charge on any atom is -0.462 e. The molecule has 0 saturated carbocycles. The van der Waals surface area contributed by atoms with Crippen LogP contribution in [0.1, 0.15) is 316 Å². The quantitative estimate of drug-likeness (QED) is 0.0261. The predicted octanol–water partition coefficient (Wildman–Crippen LogP) is 23.6. The Hall–Kier alpha value is -4.19. The van der Waals surface area contributed by atoms with Crippen molar-refractivity contribution in [3.05, 3.63) is 122 Å². The van der Waals surface area contributed by atoms with Crippen molar-refractivity contribution in [1.29, 1.82) is 0 Å². The molecule has 6 nitrogen and oxygen atoms in total. The van der Waals surface area contributed by atoms with Crippen molar-refractivity contribution in [2.45, 2.75) is 322 Å². The van der Waals surface area contributed by atoms with E-state index in [0.717, 1.165) is 135 Å². The third kappa shape index (κ3) is 66.5. The van der Waals surface area contributed by atoms with Gasteiger partial charge in [0.1, 0.15) is 13.2 Å². The topological polar surface area (TPSA) is 78.9 Å². The van der Waals surface area contributed by atoms with Gasteiger partial charge in [0.15, 0.2) is 6.10 Å². The lowest BCUT2D eigenvalue weighted by Crippen LogP contribution is -2.30. The van der Waals surface area contributed by atoms with Crippen molar-refractivity contribution < 1.29 is 28.6 Å². The number of carbonyl (C=O) groups excluding carboxylic acids is 3. The lowest BCUT2D eigenvalue weighted by Gasteiger charge is -2.18. The average Bonchev–Trinajstić information content (AvgIpc) is 3.47. The summed E-state index contributed by atoms with van der Waals surface area (Å²) in [5.74, 6) is -0.945. The van der Waals surface area contributed by atoms with Crippen LogP contribution < -0.4 is 0 Å². The lowest BCUT2D eigenvalue weighted by atomic mass is 10.0. The Labute approximate surface area is 501 Å². The van der Waals surface area contributed by atoms with Crippen LogP contribution in [0.15, 0.2) is 122 Å². The molecule has 0 heterocycles. The van der Waals surface area contributed by atoms with Crippen molar-refractivity contribution in [2.24, 2.45) is 0 Å². The number of hydrogen-bond acceptors (Lipinski definition) is 6. The third-order valence-corrected chi connectivity index (χ3v) is 14.5.